The third-order valence-electron chi connectivity index (χ3n) is 3.49. The second-order valence-corrected chi connectivity index (χ2v) is 5.35. The van der Waals surface area contributed by atoms with E-state index in [-0.39, 0.29) is 0 Å². The number of methoxy groups -OCH3 is 1. The Morgan fingerprint density at radius 2 is 1.95 bits per heavy atom. The van der Waals surface area contributed by atoms with Crippen molar-refractivity contribution in [3.05, 3.63) is 42.1 Å². The summed E-state index contributed by atoms with van der Waals surface area (Å²) >= 11 is 0. The van der Waals surface area contributed by atoms with E-state index in [4.69, 9.17) is 4.74 Å². The molecule has 0 fully saturated rings. The quantitative estimate of drug-likeness (QED) is 0.815. The van der Waals surface area contributed by atoms with E-state index in [0.29, 0.717) is 12.0 Å². The Morgan fingerprint density at radius 1 is 1.20 bits per heavy atom. The van der Waals surface area contributed by atoms with Crippen LogP contribution in [0.1, 0.15) is 19.4 Å². The van der Waals surface area contributed by atoms with Gasteiger partial charge in [-0.05, 0) is 23.1 Å². The zero-order valence-corrected chi connectivity index (χ0v) is 12.4. The Balaban J connectivity index is 1.93. The van der Waals surface area contributed by atoms with Crippen molar-refractivity contribution in [2.75, 3.05) is 13.7 Å². The van der Waals surface area contributed by atoms with E-state index >= 15 is 0 Å². The molecule has 1 aromatic carbocycles. The van der Waals surface area contributed by atoms with Gasteiger partial charge in [-0.2, -0.15) is 5.10 Å². The van der Waals surface area contributed by atoms with Gasteiger partial charge >= 0.3 is 0 Å². The number of H-pyrrole nitrogens is 1. The molecule has 108 valence electrons. The van der Waals surface area contributed by atoms with Gasteiger partial charge < -0.3 is 10.1 Å². The zero-order valence-electron chi connectivity index (χ0n) is 12.4. The summed E-state index contributed by atoms with van der Waals surface area (Å²) in [7, 11) is 1.75. The van der Waals surface area contributed by atoms with Gasteiger partial charge in [0, 0.05) is 25.9 Å². The van der Waals surface area contributed by atoms with Gasteiger partial charge in [-0.15, -0.1) is 0 Å². The Morgan fingerprint density at radius 3 is 2.50 bits per heavy atom. The monoisotopic (exact) mass is 273 g/mol. The van der Waals surface area contributed by atoms with E-state index in [1.165, 1.54) is 5.56 Å². The third-order valence-corrected chi connectivity index (χ3v) is 3.49. The van der Waals surface area contributed by atoms with E-state index in [1.54, 1.807) is 13.3 Å². The van der Waals surface area contributed by atoms with Crippen LogP contribution in [0, 0.1) is 5.92 Å². The molecule has 1 atom stereocenters. The predicted molar refractivity (Wildman–Crippen MR) is 81.4 cm³/mol. The van der Waals surface area contributed by atoms with Crippen LogP contribution in [0.5, 0.6) is 0 Å². The summed E-state index contributed by atoms with van der Waals surface area (Å²) in [5.41, 5.74) is 3.47. The molecule has 1 heterocycles. The molecular weight excluding hydrogens is 250 g/mol. The van der Waals surface area contributed by atoms with Crippen LogP contribution in [0.3, 0.4) is 0 Å². The molecule has 2 rings (SSSR count). The average Bonchev–Trinajstić information content (AvgIpc) is 2.98. The summed E-state index contributed by atoms with van der Waals surface area (Å²) < 4.78 is 5.25. The van der Waals surface area contributed by atoms with Crippen LogP contribution in [0.15, 0.2) is 36.5 Å². The van der Waals surface area contributed by atoms with Crippen molar-refractivity contribution in [2.45, 2.75) is 26.4 Å². The number of benzene rings is 1. The van der Waals surface area contributed by atoms with E-state index in [9.17, 15) is 0 Å². The molecule has 0 amide bonds. The molecule has 0 spiro atoms. The maximum absolute atomic E-state index is 5.25. The standard InChI is InChI=1S/C16H23N3O/c1-12(2)16(11-20-3)17-10-13-4-6-14(7-5-13)15-8-9-18-19-15/h4-9,12,16-17H,10-11H2,1-3H3,(H,18,19). The van der Waals surface area contributed by atoms with Gasteiger partial charge in [-0.25, -0.2) is 0 Å². The summed E-state index contributed by atoms with van der Waals surface area (Å²) in [6, 6.07) is 10.9. The molecule has 20 heavy (non-hydrogen) atoms. The van der Waals surface area contributed by atoms with E-state index in [0.717, 1.165) is 24.4 Å². The van der Waals surface area contributed by atoms with Crippen LogP contribution >= 0.6 is 0 Å². The fourth-order valence-corrected chi connectivity index (χ4v) is 2.13. The number of hydrogen-bond donors (Lipinski definition) is 2. The lowest BCUT2D eigenvalue weighted by atomic mass is 10.0. The molecule has 4 nitrogen and oxygen atoms in total. The predicted octanol–water partition coefficient (Wildman–Crippen LogP) is 2.84. The van der Waals surface area contributed by atoms with Crippen molar-refractivity contribution in [1.82, 2.24) is 15.5 Å². The molecule has 0 saturated carbocycles. The van der Waals surface area contributed by atoms with Crippen LogP contribution in [-0.2, 0) is 11.3 Å². The van der Waals surface area contributed by atoms with Gasteiger partial charge in [0.2, 0.25) is 0 Å². The molecule has 1 aromatic heterocycles. The normalized spacial score (nSPS) is 12.8. The summed E-state index contributed by atoms with van der Waals surface area (Å²) in [6.45, 7) is 6.01. The number of ether oxygens (including phenoxy) is 1. The van der Waals surface area contributed by atoms with Crippen LogP contribution in [0.2, 0.25) is 0 Å². The zero-order chi connectivity index (χ0) is 14.4. The number of rotatable bonds is 7. The van der Waals surface area contributed by atoms with Gasteiger partial charge in [0.1, 0.15) is 0 Å². The second kappa shape index (κ2) is 7.22. The number of nitrogens with zero attached hydrogens (tertiary/aromatic N) is 1. The fourth-order valence-electron chi connectivity index (χ4n) is 2.13. The molecule has 0 radical (unpaired) electrons. The SMILES string of the molecule is COCC(NCc1ccc(-c2ccn[nH]2)cc1)C(C)C. The molecule has 0 aliphatic heterocycles. The van der Waals surface area contributed by atoms with Crippen molar-refractivity contribution < 1.29 is 4.74 Å². The largest absolute Gasteiger partial charge is 0.383 e. The highest BCUT2D eigenvalue weighted by atomic mass is 16.5. The maximum Gasteiger partial charge on any atom is 0.0650 e. The van der Waals surface area contributed by atoms with Crippen molar-refractivity contribution >= 4 is 0 Å². The molecule has 2 aromatic rings. The summed E-state index contributed by atoms with van der Waals surface area (Å²) in [5.74, 6) is 0.555. The molecule has 4 heteroatoms. The van der Waals surface area contributed by atoms with E-state index in [2.05, 4.69) is 53.6 Å². The number of hydrogen-bond acceptors (Lipinski definition) is 3. The van der Waals surface area contributed by atoms with Gasteiger partial charge in [-0.1, -0.05) is 38.1 Å². The van der Waals surface area contributed by atoms with Crippen LogP contribution in [0.25, 0.3) is 11.3 Å². The lowest BCUT2D eigenvalue weighted by Gasteiger charge is -2.21. The van der Waals surface area contributed by atoms with Crippen LogP contribution < -0.4 is 5.32 Å². The van der Waals surface area contributed by atoms with Gasteiger partial charge in [0.05, 0.1) is 12.3 Å². The molecular formula is C16H23N3O. The molecule has 0 aliphatic carbocycles. The second-order valence-electron chi connectivity index (χ2n) is 5.35. The minimum Gasteiger partial charge on any atom is -0.383 e. The lowest BCUT2D eigenvalue weighted by Crippen LogP contribution is -2.37. The van der Waals surface area contributed by atoms with Crippen molar-refractivity contribution in [2.24, 2.45) is 5.92 Å². The first-order valence-electron chi connectivity index (χ1n) is 7.01. The summed E-state index contributed by atoms with van der Waals surface area (Å²) in [4.78, 5) is 0. The van der Waals surface area contributed by atoms with Crippen molar-refractivity contribution in [3.8, 4) is 11.3 Å². The van der Waals surface area contributed by atoms with Crippen LogP contribution in [0.4, 0.5) is 0 Å². The summed E-state index contributed by atoms with van der Waals surface area (Å²) in [5, 5.41) is 10.5. The van der Waals surface area contributed by atoms with Gasteiger partial charge in [0.25, 0.3) is 0 Å². The first-order chi connectivity index (χ1) is 9.70. The highest BCUT2D eigenvalue weighted by Gasteiger charge is 2.12. The fraction of sp³-hybridized carbons (Fsp3) is 0.438. The number of aromatic amines is 1. The summed E-state index contributed by atoms with van der Waals surface area (Å²) in [6.07, 6.45) is 1.77. The highest BCUT2D eigenvalue weighted by molar-refractivity contribution is 5.58. The maximum atomic E-state index is 5.25. The Labute approximate surface area is 120 Å². The molecule has 0 bridgehead atoms. The van der Waals surface area contributed by atoms with Crippen molar-refractivity contribution in [1.29, 1.82) is 0 Å². The lowest BCUT2D eigenvalue weighted by molar-refractivity contribution is 0.146. The Hall–Kier alpha value is -1.65. The van der Waals surface area contributed by atoms with E-state index in [1.807, 2.05) is 6.07 Å². The van der Waals surface area contributed by atoms with Crippen molar-refractivity contribution in [3.63, 3.8) is 0 Å². The average molecular weight is 273 g/mol. The first kappa shape index (κ1) is 14.8. The Bertz CT molecular complexity index is 491. The van der Waals surface area contributed by atoms with E-state index < -0.39 is 0 Å². The highest BCUT2D eigenvalue weighted by Crippen LogP contribution is 2.16. The van der Waals surface area contributed by atoms with Crippen LogP contribution in [-0.4, -0.2) is 30.0 Å². The molecule has 0 saturated heterocycles. The molecule has 1 unspecified atom stereocenters. The number of nitrogens with one attached hydrogen (secondary N) is 2. The smallest absolute Gasteiger partial charge is 0.0650 e. The molecule has 0 aliphatic rings. The van der Waals surface area contributed by atoms with Gasteiger partial charge in [0.15, 0.2) is 0 Å². The topological polar surface area (TPSA) is 49.9 Å². The third kappa shape index (κ3) is 3.92. The number of aromatic nitrogens is 2. The Kier molecular flexibility index (Phi) is 5.32. The first-order valence-corrected chi connectivity index (χ1v) is 7.01. The minimum atomic E-state index is 0.382. The van der Waals surface area contributed by atoms with Gasteiger partial charge in [-0.3, -0.25) is 5.10 Å². The minimum absolute atomic E-state index is 0.382. The molecule has 2 N–H and O–H groups in total.